The van der Waals surface area contributed by atoms with Crippen molar-refractivity contribution >= 4 is 39.9 Å². The summed E-state index contributed by atoms with van der Waals surface area (Å²) in [5.41, 5.74) is 1.76. The molecule has 0 aliphatic heterocycles. The lowest BCUT2D eigenvalue weighted by molar-refractivity contribution is -0.115. The van der Waals surface area contributed by atoms with Crippen molar-refractivity contribution in [2.75, 3.05) is 17.2 Å². The van der Waals surface area contributed by atoms with Crippen LogP contribution in [0.1, 0.15) is 46.2 Å². The quantitative estimate of drug-likeness (QED) is 0.361. The summed E-state index contributed by atoms with van der Waals surface area (Å²) in [4.78, 5) is 40.6. The molecule has 3 aromatic rings. The number of thiazole rings is 1. The summed E-state index contributed by atoms with van der Waals surface area (Å²) in [6.07, 6.45) is 1.78. The first-order valence-corrected chi connectivity index (χ1v) is 10.9. The molecule has 3 rings (SSSR count). The first kappa shape index (κ1) is 23.1. The highest BCUT2D eigenvalue weighted by Gasteiger charge is 2.12. The second-order valence-corrected chi connectivity index (χ2v) is 7.75. The molecule has 0 aliphatic rings. The number of amides is 2. The average molecular weight is 456 g/mol. The third kappa shape index (κ3) is 6.71. The Bertz CT molecular complexity index is 1080. The van der Waals surface area contributed by atoms with Crippen molar-refractivity contribution in [1.29, 1.82) is 0 Å². The molecule has 0 saturated heterocycles. The first-order valence-electron chi connectivity index (χ1n) is 10.0. The molecule has 0 aliphatic carbocycles. The molecule has 7 nitrogen and oxygen atoms in total. The Morgan fingerprint density at radius 3 is 2.38 bits per heavy atom. The fourth-order valence-corrected chi connectivity index (χ4v) is 3.37. The minimum absolute atomic E-state index is 0.0176. The van der Waals surface area contributed by atoms with E-state index in [2.05, 4.69) is 15.6 Å². The van der Waals surface area contributed by atoms with Crippen molar-refractivity contribution in [3.8, 4) is 0 Å². The molecule has 166 valence electrons. The van der Waals surface area contributed by atoms with Crippen LogP contribution in [0.4, 0.5) is 15.2 Å². The Labute approximate surface area is 188 Å². The number of nitrogens with one attached hydrogen (secondary N) is 2. The second-order valence-electron chi connectivity index (χ2n) is 6.90. The third-order valence-electron chi connectivity index (χ3n) is 4.36. The number of benzene rings is 2. The number of ether oxygens (including phenoxy) is 1. The summed E-state index contributed by atoms with van der Waals surface area (Å²) in [6, 6.07) is 11.6. The van der Waals surface area contributed by atoms with Gasteiger partial charge in [-0.2, -0.15) is 0 Å². The van der Waals surface area contributed by atoms with Crippen LogP contribution in [-0.4, -0.2) is 29.4 Å². The molecule has 1 heterocycles. The highest BCUT2D eigenvalue weighted by molar-refractivity contribution is 7.14. The molecule has 2 amide bonds. The van der Waals surface area contributed by atoms with Crippen LogP contribution in [0.5, 0.6) is 0 Å². The highest BCUT2D eigenvalue weighted by Crippen LogP contribution is 2.18. The van der Waals surface area contributed by atoms with Gasteiger partial charge in [0.1, 0.15) is 5.82 Å². The first-order chi connectivity index (χ1) is 15.4. The van der Waals surface area contributed by atoms with Crippen molar-refractivity contribution in [3.63, 3.8) is 0 Å². The SMILES string of the molecule is CCCCOC(=O)c1ccc(NC(=O)Cc2csc(NC(=O)c3ccc(F)cc3)n2)cc1. The number of esters is 1. The lowest BCUT2D eigenvalue weighted by Gasteiger charge is -2.06. The monoisotopic (exact) mass is 455 g/mol. The van der Waals surface area contributed by atoms with E-state index in [-0.39, 0.29) is 12.3 Å². The predicted octanol–water partition coefficient (Wildman–Crippen LogP) is 4.67. The van der Waals surface area contributed by atoms with Gasteiger partial charge in [-0.15, -0.1) is 11.3 Å². The Hall–Kier alpha value is -3.59. The molecule has 32 heavy (non-hydrogen) atoms. The lowest BCUT2D eigenvalue weighted by atomic mass is 10.2. The van der Waals surface area contributed by atoms with E-state index in [1.165, 1.54) is 35.6 Å². The van der Waals surface area contributed by atoms with Crippen LogP contribution in [0.3, 0.4) is 0 Å². The van der Waals surface area contributed by atoms with E-state index in [9.17, 15) is 18.8 Å². The molecule has 1 aromatic heterocycles. The minimum Gasteiger partial charge on any atom is -0.462 e. The molecular formula is C23H22FN3O4S. The van der Waals surface area contributed by atoms with Gasteiger partial charge in [-0.3, -0.25) is 14.9 Å². The number of aromatic nitrogens is 1. The van der Waals surface area contributed by atoms with Gasteiger partial charge in [0.2, 0.25) is 5.91 Å². The number of hydrogen-bond acceptors (Lipinski definition) is 6. The number of hydrogen-bond donors (Lipinski definition) is 2. The lowest BCUT2D eigenvalue weighted by Crippen LogP contribution is -2.15. The van der Waals surface area contributed by atoms with E-state index in [4.69, 9.17) is 4.74 Å². The molecule has 0 fully saturated rings. The Morgan fingerprint density at radius 1 is 1.00 bits per heavy atom. The van der Waals surface area contributed by atoms with Crippen molar-refractivity contribution in [1.82, 2.24) is 4.98 Å². The molecule has 0 saturated carbocycles. The van der Waals surface area contributed by atoms with E-state index in [0.717, 1.165) is 12.8 Å². The number of halogens is 1. The highest BCUT2D eigenvalue weighted by atomic mass is 32.1. The Balaban J connectivity index is 1.50. The summed E-state index contributed by atoms with van der Waals surface area (Å²) in [6.45, 7) is 2.40. The van der Waals surface area contributed by atoms with Crippen LogP contribution < -0.4 is 10.6 Å². The maximum atomic E-state index is 13.0. The van der Waals surface area contributed by atoms with Gasteiger partial charge in [0, 0.05) is 16.6 Å². The van der Waals surface area contributed by atoms with Crippen molar-refractivity contribution in [3.05, 3.63) is 76.5 Å². The van der Waals surface area contributed by atoms with E-state index in [1.54, 1.807) is 29.6 Å². The van der Waals surface area contributed by atoms with E-state index in [1.807, 2.05) is 6.92 Å². The van der Waals surface area contributed by atoms with Crippen LogP contribution in [0.2, 0.25) is 0 Å². The molecule has 0 spiro atoms. The van der Waals surface area contributed by atoms with Crippen LogP contribution in [0.25, 0.3) is 0 Å². The standard InChI is InChI=1S/C23H22FN3O4S/c1-2-3-12-31-22(30)16-6-10-18(11-7-16)25-20(28)13-19-14-32-23(26-19)27-21(29)15-4-8-17(24)9-5-15/h4-11,14H,2-3,12-13H2,1H3,(H,25,28)(H,26,27,29). The smallest absolute Gasteiger partial charge is 0.338 e. The fourth-order valence-electron chi connectivity index (χ4n) is 2.67. The predicted molar refractivity (Wildman–Crippen MR) is 120 cm³/mol. The topological polar surface area (TPSA) is 97.4 Å². The molecule has 0 radical (unpaired) electrons. The number of carbonyl (C=O) groups is 3. The second kappa shape index (κ2) is 11.1. The van der Waals surface area contributed by atoms with Crippen LogP contribution in [-0.2, 0) is 16.0 Å². The van der Waals surface area contributed by atoms with Crippen LogP contribution >= 0.6 is 11.3 Å². The van der Waals surface area contributed by atoms with E-state index in [0.29, 0.717) is 34.2 Å². The van der Waals surface area contributed by atoms with Gasteiger partial charge < -0.3 is 10.1 Å². The number of carbonyl (C=O) groups excluding carboxylic acids is 3. The average Bonchev–Trinajstić information content (AvgIpc) is 3.21. The van der Waals surface area contributed by atoms with Gasteiger partial charge in [-0.05, 0) is 55.0 Å². The summed E-state index contributed by atoms with van der Waals surface area (Å²) < 4.78 is 18.1. The van der Waals surface area contributed by atoms with Gasteiger partial charge in [0.15, 0.2) is 5.13 Å². The Kier molecular flexibility index (Phi) is 8.04. The van der Waals surface area contributed by atoms with E-state index >= 15 is 0 Å². The zero-order valence-corrected chi connectivity index (χ0v) is 18.2. The summed E-state index contributed by atoms with van der Waals surface area (Å²) in [7, 11) is 0. The summed E-state index contributed by atoms with van der Waals surface area (Å²) in [5, 5.41) is 7.38. The van der Waals surface area contributed by atoms with Gasteiger partial charge in [-0.1, -0.05) is 13.3 Å². The number of anilines is 2. The van der Waals surface area contributed by atoms with Gasteiger partial charge in [0.05, 0.1) is 24.3 Å². The molecule has 0 bridgehead atoms. The molecule has 9 heteroatoms. The normalized spacial score (nSPS) is 10.4. The molecular weight excluding hydrogens is 433 g/mol. The largest absolute Gasteiger partial charge is 0.462 e. The fraction of sp³-hybridized carbons (Fsp3) is 0.217. The molecule has 2 N–H and O–H groups in total. The summed E-state index contributed by atoms with van der Waals surface area (Å²) >= 11 is 1.19. The maximum Gasteiger partial charge on any atom is 0.338 e. The Morgan fingerprint density at radius 2 is 1.69 bits per heavy atom. The van der Waals surface area contributed by atoms with Gasteiger partial charge in [0.25, 0.3) is 5.91 Å². The molecule has 0 atom stereocenters. The van der Waals surface area contributed by atoms with Gasteiger partial charge >= 0.3 is 5.97 Å². The van der Waals surface area contributed by atoms with E-state index < -0.39 is 17.7 Å². The third-order valence-corrected chi connectivity index (χ3v) is 5.16. The molecule has 2 aromatic carbocycles. The summed E-state index contributed by atoms with van der Waals surface area (Å²) in [5.74, 6) is -1.52. The molecule has 0 unspecified atom stereocenters. The number of unbranched alkanes of at least 4 members (excludes halogenated alkanes) is 1. The number of rotatable bonds is 9. The number of nitrogens with zero attached hydrogens (tertiary/aromatic N) is 1. The zero-order valence-electron chi connectivity index (χ0n) is 17.4. The van der Waals surface area contributed by atoms with Crippen molar-refractivity contribution < 1.29 is 23.5 Å². The van der Waals surface area contributed by atoms with Gasteiger partial charge in [-0.25, -0.2) is 14.2 Å². The zero-order chi connectivity index (χ0) is 22.9. The van der Waals surface area contributed by atoms with Crippen LogP contribution in [0, 0.1) is 5.82 Å². The maximum absolute atomic E-state index is 13.0. The van der Waals surface area contributed by atoms with Crippen LogP contribution in [0.15, 0.2) is 53.9 Å². The minimum atomic E-state index is -0.425. The van der Waals surface area contributed by atoms with Crippen molar-refractivity contribution in [2.24, 2.45) is 0 Å². The van der Waals surface area contributed by atoms with Crippen molar-refractivity contribution in [2.45, 2.75) is 26.2 Å².